The van der Waals surface area contributed by atoms with Gasteiger partial charge >= 0.3 is 0 Å². The lowest BCUT2D eigenvalue weighted by Crippen LogP contribution is -2.58. The highest BCUT2D eigenvalue weighted by Crippen LogP contribution is 2.51. The molecule has 2 aliphatic rings. The first-order valence-electron chi connectivity index (χ1n) is 11.2. The van der Waals surface area contributed by atoms with Gasteiger partial charge < -0.3 is 21.5 Å². The SMILES string of the molecule is CCC1(CC)C2=C(C=CC(C(N)=O)C2)C[C@@H](OC)[C@@H]1NC[C@@H](N)Cc1ccccc1. The van der Waals surface area contributed by atoms with E-state index < -0.39 is 0 Å². The second-order valence-electron chi connectivity index (χ2n) is 8.75. The summed E-state index contributed by atoms with van der Waals surface area (Å²) >= 11 is 0. The molecule has 0 bridgehead atoms. The van der Waals surface area contributed by atoms with E-state index in [9.17, 15) is 4.79 Å². The lowest BCUT2D eigenvalue weighted by Gasteiger charge is -2.51. The third kappa shape index (κ3) is 4.53. The lowest BCUT2D eigenvalue weighted by molar-refractivity contribution is -0.120. The van der Waals surface area contributed by atoms with Crippen LogP contribution in [0.4, 0.5) is 0 Å². The maximum absolute atomic E-state index is 11.9. The van der Waals surface area contributed by atoms with E-state index >= 15 is 0 Å². The summed E-state index contributed by atoms with van der Waals surface area (Å²) in [4.78, 5) is 11.9. The topological polar surface area (TPSA) is 90.4 Å². The zero-order valence-electron chi connectivity index (χ0n) is 18.6. The molecule has 1 unspecified atom stereocenters. The van der Waals surface area contributed by atoms with Crippen molar-refractivity contribution in [3.63, 3.8) is 0 Å². The molecule has 2 aliphatic carbocycles. The number of carbonyl (C=O) groups excluding carboxylic acids is 1. The zero-order valence-corrected chi connectivity index (χ0v) is 18.6. The predicted octanol–water partition coefficient (Wildman–Crippen LogP) is 3.10. The molecule has 0 aliphatic heterocycles. The highest BCUT2D eigenvalue weighted by molar-refractivity contribution is 5.79. The third-order valence-electron chi connectivity index (χ3n) is 7.20. The molecule has 5 N–H and O–H groups in total. The fourth-order valence-corrected chi connectivity index (χ4v) is 5.47. The standard InChI is InChI=1S/C25H37N3O2/c1-4-25(5-2)21-14-19(24(27)29)12-11-18(21)15-22(30-3)23(25)28-16-20(26)13-17-9-7-6-8-10-17/h6-12,19-20,22-23,28H,4-5,13-16,26H2,1-3H3,(H2,27,29)/t19?,20-,22+,23-/m0/s1. The number of nitrogens with two attached hydrogens (primary N) is 2. The Kier molecular flexibility index (Phi) is 7.50. The number of primary amides is 1. The predicted molar refractivity (Wildman–Crippen MR) is 122 cm³/mol. The molecule has 30 heavy (non-hydrogen) atoms. The van der Waals surface area contributed by atoms with Gasteiger partial charge in [-0.3, -0.25) is 4.79 Å². The van der Waals surface area contributed by atoms with Crippen LogP contribution in [0.15, 0.2) is 53.6 Å². The van der Waals surface area contributed by atoms with Crippen molar-refractivity contribution >= 4 is 5.91 Å². The Morgan fingerprint density at radius 2 is 1.93 bits per heavy atom. The summed E-state index contributed by atoms with van der Waals surface area (Å²) in [5.41, 5.74) is 16.0. The Bertz CT molecular complexity index is 783. The Labute approximate surface area is 180 Å². The van der Waals surface area contributed by atoms with Gasteiger partial charge in [0.1, 0.15) is 0 Å². The summed E-state index contributed by atoms with van der Waals surface area (Å²) in [7, 11) is 1.80. The Balaban J connectivity index is 1.82. The molecular weight excluding hydrogens is 374 g/mol. The Morgan fingerprint density at radius 1 is 1.23 bits per heavy atom. The molecule has 1 aromatic carbocycles. The van der Waals surface area contributed by atoms with Gasteiger partial charge in [-0.15, -0.1) is 0 Å². The van der Waals surface area contributed by atoms with Crippen LogP contribution in [0.25, 0.3) is 0 Å². The smallest absolute Gasteiger partial charge is 0.224 e. The van der Waals surface area contributed by atoms with Crippen LogP contribution in [-0.4, -0.2) is 37.7 Å². The minimum Gasteiger partial charge on any atom is -0.379 e. The first-order chi connectivity index (χ1) is 14.4. The number of nitrogens with one attached hydrogen (secondary N) is 1. The number of methoxy groups -OCH3 is 1. The van der Waals surface area contributed by atoms with Crippen LogP contribution in [0.3, 0.4) is 0 Å². The van der Waals surface area contributed by atoms with Crippen LogP contribution < -0.4 is 16.8 Å². The summed E-state index contributed by atoms with van der Waals surface area (Å²) < 4.78 is 5.97. The minimum atomic E-state index is -0.248. The van der Waals surface area contributed by atoms with Crippen LogP contribution in [0.5, 0.6) is 0 Å². The van der Waals surface area contributed by atoms with Gasteiger partial charge in [-0.05, 0) is 36.8 Å². The van der Waals surface area contributed by atoms with Crippen molar-refractivity contribution in [3.8, 4) is 0 Å². The van der Waals surface area contributed by atoms with Gasteiger partial charge in [-0.1, -0.05) is 61.9 Å². The molecule has 3 rings (SSSR count). The number of benzene rings is 1. The second-order valence-corrected chi connectivity index (χ2v) is 8.75. The van der Waals surface area contributed by atoms with Gasteiger partial charge in [0, 0.05) is 37.6 Å². The van der Waals surface area contributed by atoms with E-state index in [4.69, 9.17) is 16.2 Å². The second kappa shape index (κ2) is 9.90. The lowest BCUT2D eigenvalue weighted by atomic mass is 9.59. The van der Waals surface area contributed by atoms with Crippen molar-refractivity contribution in [2.75, 3.05) is 13.7 Å². The van der Waals surface area contributed by atoms with Crippen molar-refractivity contribution in [2.45, 2.75) is 64.1 Å². The van der Waals surface area contributed by atoms with Gasteiger partial charge in [-0.2, -0.15) is 0 Å². The highest BCUT2D eigenvalue weighted by Gasteiger charge is 2.48. The summed E-state index contributed by atoms with van der Waals surface area (Å²) in [5, 5.41) is 3.79. The minimum absolute atomic E-state index is 0.0244. The number of carbonyl (C=O) groups is 1. The van der Waals surface area contributed by atoms with Crippen molar-refractivity contribution < 1.29 is 9.53 Å². The van der Waals surface area contributed by atoms with E-state index in [2.05, 4.69) is 49.5 Å². The average Bonchev–Trinajstić information content (AvgIpc) is 2.77. The number of amides is 1. The monoisotopic (exact) mass is 411 g/mol. The Hall–Kier alpha value is -1.95. The Morgan fingerprint density at radius 3 is 2.53 bits per heavy atom. The molecule has 0 heterocycles. The first-order valence-corrected chi connectivity index (χ1v) is 11.2. The van der Waals surface area contributed by atoms with Crippen molar-refractivity contribution in [1.82, 2.24) is 5.32 Å². The van der Waals surface area contributed by atoms with Gasteiger partial charge in [-0.25, -0.2) is 0 Å². The summed E-state index contributed by atoms with van der Waals surface area (Å²) in [6.07, 6.45) is 8.51. The first kappa shape index (κ1) is 22.7. The molecule has 0 saturated heterocycles. The van der Waals surface area contributed by atoms with Crippen LogP contribution >= 0.6 is 0 Å². The van der Waals surface area contributed by atoms with E-state index in [0.717, 1.165) is 32.2 Å². The fraction of sp³-hybridized carbons (Fsp3) is 0.560. The number of ether oxygens (including phenoxy) is 1. The number of allylic oxidation sites excluding steroid dienone is 1. The molecule has 0 spiro atoms. The molecular formula is C25H37N3O2. The molecule has 0 saturated carbocycles. The van der Waals surface area contributed by atoms with Crippen LogP contribution in [0.2, 0.25) is 0 Å². The zero-order chi connectivity index (χ0) is 21.7. The molecule has 1 aromatic rings. The van der Waals surface area contributed by atoms with Gasteiger partial charge in [0.15, 0.2) is 0 Å². The maximum Gasteiger partial charge on any atom is 0.224 e. The van der Waals surface area contributed by atoms with E-state index in [-0.39, 0.29) is 35.4 Å². The number of rotatable bonds is 9. The summed E-state index contributed by atoms with van der Waals surface area (Å²) in [5.74, 6) is -0.469. The fourth-order valence-electron chi connectivity index (χ4n) is 5.47. The van der Waals surface area contributed by atoms with Gasteiger partial charge in [0.25, 0.3) is 0 Å². The van der Waals surface area contributed by atoms with E-state index in [1.165, 1.54) is 16.7 Å². The molecule has 5 heteroatoms. The molecule has 164 valence electrons. The summed E-state index contributed by atoms with van der Waals surface area (Å²) in [6, 6.07) is 10.5. The van der Waals surface area contributed by atoms with E-state index in [1.54, 1.807) is 7.11 Å². The molecule has 0 aromatic heterocycles. The highest BCUT2D eigenvalue weighted by atomic mass is 16.5. The normalized spacial score (nSPS) is 26.3. The van der Waals surface area contributed by atoms with Crippen LogP contribution in [-0.2, 0) is 16.0 Å². The number of hydrogen-bond acceptors (Lipinski definition) is 4. The van der Waals surface area contributed by atoms with Gasteiger partial charge in [0.2, 0.25) is 5.91 Å². The van der Waals surface area contributed by atoms with Crippen molar-refractivity contribution in [2.24, 2.45) is 22.8 Å². The van der Waals surface area contributed by atoms with Crippen LogP contribution in [0.1, 0.15) is 45.1 Å². The van der Waals surface area contributed by atoms with Crippen molar-refractivity contribution in [3.05, 3.63) is 59.2 Å². The molecule has 1 amide bonds. The maximum atomic E-state index is 11.9. The number of hydrogen-bond donors (Lipinski definition) is 3. The summed E-state index contributed by atoms with van der Waals surface area (Å²) in [6.45, 7) is 5.20. The quantitative estimate of drug-likeness (QED) is 0.582. The largest absolute Gasteiger partial charge is 0.379 e. The molecule has 5 nitrogen and oxygen atoms in total. The van der Waals surface area contributed by atoms with Gasteiger partial charge in [0.05, 0.1) is 12.0 Å². The molecule has 0 radical (unpaired) electrons. The molecule has 0 fully saturated rings. The van der Waals surface area contributed by atoms with E-state index in [1.807, 2.05) is 12.1 Å². The van der Waals surface area contributed by atoms with Crippen LogP contribution in [0, 0.1) is 11.3 Å². The molecule has 4 atom stereocenters. The third-order valence-corrected chi connectivity index (χ3v) is 7.20. The van der Waals surface area contributed by atoms with E-state index in [0.29, 0.717) is 6.42 Å². The average molecular weight is 412 g/mol. The van der Waals surface area contributed by atoms with Crippen molar-refractivity contribution in [1.29, 1.82) is 0 Å².